The lowest BCUT2D eigenvalue weighted by Crippen LogP contribution is -2.03. The molecule has 0 saturated carbocycles. The van der Waals surface area contributed by atoms with Gasteiger partial charge in [0.25, 0.3) is 0 Å². The molecule has 0 spiro atoms. The molecule has 120 valence electrons. The smallest absolute Gasteiger partial charge is 0.336 e. The molecular formula is C19H20O4. The van der Waals surface area contributed by atoms with E-state index in [9.17, 15) is 4.79 Å². The highest BCUT2D eigenvalue weighted by Crippen LogP contribution is 2.28. The molecular weight excluding hydrogens is 292 g/mol. The molecule has 0 fully saturated rings. The Bertz CT molecular complexity index is 687. The van der Waals surface area contributed by atoms with Gasteiger partial charge in [0.05, 0.1) is 13.7 Å². The number of hydrogen-bond donors (Lipinski definition) is 0. The summed E-state index contributed by atoms with van der Waals surface area (Å²) >= 11 is 0. The lowest BCUT2D eigenvalue weighted by molar-refractivity contribution is -0.128. The number of ether oxygens (including phenoxy) is 3. The summed E-state index contributed by atoms with van der Waals surface area (Å²) < 4.78 is 16.0. The van der Waals surface area contributed by atoms with Crippen LogP contribution in [0, 0.1) is 6.92 Å². The molecule has 0 radical (unpaired) electrons. The predicted octanol–water partition coefficient (Wildman–Crippen LogP) is 4.02. The zero-order valence-electron chi connectivity index (χ0n) is 13.5. The molecule has 4 heteroatoms. The summed E-state index contributed by atoms with van der Waals surface area (Å²) in [6.07, 6.45) is 3.06. The number of rotatable bonds is 6. The summed E-state index contributed by atoms with van der Waals surface area (Å²) in [5.74, 6) is 1.39. The summed E-state index contributed by atoms with van der Waals surface area (Å²) in [5, 5.41) is 0. The van der Waals surface area contributed by atoms with Crippen molar-refractivity contribution >= 4 is 12.0 Å². The highest BCUT2D eigenvalue weighted by molar-refractivity contribution is 5.88. The number of methoxy groups -OCH3 is 1. The molecule has 0 unspecified atom stereocenters. The summed E-state index contributed by atoms with van der Waals surface area (Å²) in [6, 6.07) is 12.8. The van der Waals surface area contributed by atoms with Crippen LogP contribution in [-0.4, -0.2) is 19.7 Å². The van der Waals surface area contributed by atoms with E-state index >= 15 is 0 Å². The zero-order chi connectivity index (χ0) is 16.7. The molecule has 2 rings (SSSR count). The topological polar surface area (TPSA) is 44.8 Å². The van der Waals surface area contributed by atoms with Crippen molar-refractivity contribution in [3.05, 3.63) is 59.7 Å². The third kappa shape index (κ3) is 4.88. The molecule has 2 aromatic rings. The lowest BCUT2D eigenvalue weighted by atomic mass is 10.2. The monoisotopic (exact) mass is 312 g/mol. The van der Waals surface area contributed by atoms with Crippen LogP contribution in [0.15, 0.2) is 48.5 Å². The SMILES string of the molecule is CCOc1ccc(/C=C/C(=O)Oc2ccc(C)cc2)cc1OC. The van der Waals surface area contributed by atoms with Crippen LogP contribution in [0.5, 0.6) is 17.2 Å². The lowest BCUT2D eigenvalue weighted by Gasteiger charge is -2.09. The van der Waals surface area contributed by atoms with Gasteiger partial charge >= 0.3 is 5.97 Å². The van der Waals surface area contributed by atoms with E-state index in [0.29, 0.717) is 23.9 Å². The van der Waals surface area contributed by atoms with Gasteiger partial charge in [0.2, 0.25) is 0 Å². The zero-order valence-corrected chi connectivity index (χ0v) is 13.5. The fourth-order valence-corrected chi connectivity index (χ4v) is 1.98. The van der Waals surface area contributed by atoms with Crippen molar-refractivity contribution in [2.24, 2.45) is 0 Å². The molecule has 0 N–H and O–H groups in total. The molecule has 2 aromatic carbocycles. The van der Waals surface area contributed by atoms with Gasteiger partial charge in [-0.1, -0.05) is 23.8 Å². The first kappa shape index (κ1) is 16.6. The first-order valence-electron chi connectivity index (χ1n) is 7.39. The molecule has 23 heavy (non-hydrogen) atoms. The number of benzene rings is 2. The van der Waals surface area contributed by atoms with Crippen molar-refractivity contribution in [2.75, 3.05) is 13.7 Å². The molecule has 0 aliphatic rings. The molecule has 0 aromatic heterocycles. The second-order valence-corrected chi connectivity index (χ2v) is 4.91. The summed E-state index contributed by atoms with van der Waals surface area (Å²) in [4.78, 5) is 11.8. The molecule has 0 saturated heterocycles. The van der Waals surface area contributed by atoms with Crippen molar-refractivity contribution in [2.45, 2.75) is 13.8 Å². The van der Waals surface area contributed by atoms with E-state index in [1.165, 1.54) is 6.08 Å². The van der Waals surface area contributed by atoms with Gasteiger partial charge in [0, 0.05) is 6.08 Å². The van der Waals surface area contributed by atoms with Crippen molar-refractivity contribution in [1.82, 2.24) is 0 Å². The number of esters is 1. The van der Waals surface area contributed by atoms with Crippen molar-refractivity contribution < 1.29 is 19.0 Å². The van der Waals surface area contributed by atoms with Crippen LogP contribution in [0.25, 0.3) is 6.08 Å². The van der Waals surface area contributed by atoms with Gasteiger partial charge in [-0.3, -0.25) is 0 Å². The summed E-state index contributed by atoms with van der Waals surface area (Å²) in [5.41, 5.74) is 1.94. The summed E-state index contributed by atoms with van der Waals surface area (Å²) in [6.45, 7) is 4.45. The van der Waals surface area contributed by atoms with E-state index in [0.717, 1.165) is 11.1 Å². The van der Waals surface area contributed by atoms with Crippen LogP contribution in [0.3, 0.4) is 0 Å². The molecule has 0 atom stereocenters. The predicted molar refractivity (Wildman–Crippen MR) is 90.0 cm³/mol. The minimum Gasteiger partial charge on any atom is -0.493 e. The Hall–Kier alpha value is -2.75. The maximum Gasteiger partial charge on any atom is 0.336 e. The normalized spacial score (nSPS) is 10.6. The number of carbonyl (C=O) groups is 1. The van der Waals surface area contributed by atoms with Crippen molar-refractivity contribution in [1.29, 1.82) is 0 Å². The number of aryl methyl sites for hydroxylation is 1. The van der Waals surface area contributed by atoms with Gasteiger partial charge in [-0.2, -0.15) is 0 Å². The van der Waals surface area contributed by atoms with E-state index in [2.05, 4.69) is 0 Å². The Morgan fingerprint density at radius 1 is 1.09 bits per heavy atom. The Labute approximate surface area is 136 Å². The third-order valence-electron chi connectivity index (χ3n) is 3.14. The second kappa shape index (κ2) is 8.03. The van der Waals surface area contributed by atoms with Crippen molar-refractivity contribution in [3.63, 3.8) is 0 Å². The van der Waals surface area contributed by atoms with Crippen molar-refractivity contribution in [3.8, 4) is 17.2 Å². The van der Waals surface area contributed by atoms with E-state index in [1.807, 2.05) is 38.1 Å². The molecule has 4 nitrogen and oxygen atoms in total. The fraction of sp³-hybridized carbons (Fsp3) is 0.211. The second-order valence-electron chi connectivity index (χ2n) is 4.91. The number of hydrogen-bond acceptors (Lipinski definition) is 4. The van der Waals surface area contributed by atoms with Gasteiger partial charge in [0.1, 0.15) is 5.75 Å². The van der Waals surface area contributed by atoms with Crippen LogP contribution >= 0.6 is 0 Å². The molecule has 0 amide bonds. The first-order chi connectivity index (χ1) is 11.1. The van der Waals surface area contributed by atoms with Crippen LogP contribution < -0.4 is 14.2 Å². The average molecular weight is 312 g/mol. The van der Waals surface area contributed by atoms with Crippen LogP contribution in [-0.2, 0) is 4.79 Å². The minimum atomic E-state index is -0.429. The first-order valence-corrected chi connectivity index (χ1v) is 7.39. The van der Waals surface area contributed by atoms with E-state index in [1.54, 1.807) is 31.4 Å². The van der Waals surface area contributed by atoms with Crippen LogP contribution in [0.1, 0.15) is 18.1 Å². The molecule has 0 heterocycles. The quantitative estimate of drug-likeness (QED) is 0.459. The maximum absolute atomic E-state index is 11.8. The minimum absolute atomic E-state index is 0.429. The van der Waals surface area contributed by atoms with Gasteiger partial charge in [0.15, 0.2) is 11.5 Å². The number of carbonyl (C=O) groups excluding carboxylic acids is 1. The highest BCUT2D eigenvalue weighted by Gasteiger charge is 2.05. The third-order valence-corrected chi connectivity index (χ3v) is 3.14. The van der Waals surface area contributed by atoms with E-state index in [4.69, 9.17) is 14.2 Å². The van der Waals surface area contributed by atoms with E-state index in [-0.39, 0.29) is 0 Å². The van der Waals surface area contributed by atoms with Crippen LogP contribution in [0.4, 0.5) is 0 Å². The maximum atomic E-state index is 11.8. The van der Waals surface area contributed by atoms with Gasteiger partial charge in [-0.25, -0.2) is 4.79 Å². The molecule has 0 aliphatic carbocycles. The Balaban J connectivity index is 2.04. The Morgan fingerprint density at radius 3 is 2.48 bits per heavy atom. The van der Waals surface area contributed by atoms with Gasteiger partial charge in [-0.05, 0) is 49.8 Å². The van der Waals surface area contributed by atoms with Crippen LogP contribution in [0.2, 0.25) is 0 Å². The Morgan fingerprint density at radius 2 is 1.83 bits per heavy atom. The highest BCUT2D eigenvalue weighted by atomic mass is 16.5. The fourth-order valence-electron chi connectivity index (χ4n) is 1.98. The molecule has 0 aliphatic heterocycles. The standard InChI is InChI=1S/C19H20O4/c1-4-22-17-11-7-15(13-18(17)21-3)8-12-19(20)23-16-9-5-14(2)6-10-16/h5-13H,4H2,1-3H3/b12-8+. The average Bonchev–Trinajstić information content (AvgIpc) is 2.56. The molecule has 0 bridgehead atoms. The van der Waals surface area contributed by atoms with Gasteiger partial charge in [-0.15, -0.1) is 0 Å². The Kier molecular flexibility index (Phi) is 5.80. The van der Waals surface area contributed by atoms with E-state index < -0.39 is 5.97 Å². The van der Waals surface area contributed by atoms with Gasteiger partial charge < -0.3 is 14.2 Å². The summed E-state index contributed by atoms with van der Waals surface area (Å²) in [7, 11) is 1.58. The largest absolute Gasteiger partial charge is 0.493 e.